The molecule has 4 heteroatoms. The lowest BCUT2D eigenvalue weighted by atomic mass is 10.2. The molecule has 3 nitrogen and oxygen atoms in total. The Morgan fingerprint density at radius 3 is 3.12 bits per heavy atom. The first kappa shape index (κ1) is 12.9. The highest BCUT2D eigenvalue weighted by Gasteiger charge is 2.19. The van der Waals surface area contributed by atoms with Crippen molar-refractivity contribution in [2.75, 3.05) is 26.4 Å². The van der Waals surface area contributed by atoms with Gasteiger partial charge in [-0.2, -0.15) is 0 Å². The van der Waals surface area contributed by atoms with E-state index in [4.69, 9.17) is 4.74 Å². The average molecular weight is 299 g/mol. The van der Waals surface area contributed by atoms with Crippen LogP contribution in [0.15, 0.2) is 34.6 Å². The lowest BCUT2D eigenvalue weighted by Gasteiger charge is -2.32. The molecule has 0 amide bonds. The molecule has 1 saturated heterocycles. The second-order valence-electron chi connectivity index (χ2n) is 4.39. The van der Waals surface area contributed by atoms with Crippen LogP contribution < -0.4 is 0 Å². The van der Waals surface area contributed by atoms with E-state index < -0.39 is 0 Å². The Balaban J connectivity index is 2.05. The highest BCUT2D eigenvalue weighted by atomic mass is 79.9. The number of hydrogen-bond donors (Lipinski definition) is 0. The topological polar surface area (TPSA) is 15.7 Å². The third kappa shape index (κ3) is 3.21. The van der Waals surface area contributed by atoms with Crippen LogP contribution in [0.1, 0.15) is 13.8 Å². The standard InChI is InChI=1S/C13H19BrN2O/c1-3-13(9-15-6-7-17-10-15)16-8-12(14)5-4-11(16)2/h3-5,8,11H,6-7,9-10H2,1-2H3/b13-3-. The molecule has 0 aliphatic carbocycles. The molecule has 17 heavy (non-hydrogen) atoms. The molecule has 1 unspecified atom stereocenters. The van der Waals surface area contributed by atoms with E-state index in [1.165, 1.54) is 5.70 Å². The zero-order valence-corrected chi connectivity index (χ0v) is 12.0. The summed E-state index contributed by atoms with van der Waals surface area (Å²) >= 11 is 3.53. The molecule has 0 aromatic rings. The van der Waals surface area contributed by atoms with Gasteiger partial charge in [-0.1, -0.05) is 12.2 Å². The normalized spacial score (nSPS) is 26.5. The summed E-state index contributed by atoms with van der Waals surface area (Å²) in [5.41, 5.74) is 1.32. The molecule has 0 spiro atoms. The highest BCUT2D eigenvalue weighted by molar-refractivity contribution is 9.11. The molecule has 0 aromatic heterocycles. The Hall–Kier alpha value is -0.580. The van der Waals surface area contributed by atoms with Gasteiger partial charge in [0.1, 0.15) is 0 Å². The number of nitrogens with zero attached hydrogens (tertiary/aromatic N) is 2. The van der Waals surface area contributed by atoms with Gasteiger partial charge in [-0.05, 0) is 35.9 Å². The number of halogens is 1. The lowest BCUT2D eigenvalue weighted by Crippen LogP contribution is -2.34. The van der Waals surface area contributed by atoms with E-state index in [0.29, 0.717) is 6.04 Å². The van der Waals surface area contributed by atoms with Gasteiger partial charge in [0, 0.05) is 35.5 Å². The summed E-state index contributed by atoms with van der Waals surface area (Å²) in [4.78, 5) is 4.63. The largest absolute Gasteiger partial charge is 0.365 e. The van der Waals surface area contributed by atoms with Gasteiger partial charge in [-0.25, -0.2) is 0 Å². The monoisotopic (exact) mass is 298 g/mol. The molecule has 94 valence electrons. The third-order valence-electron chi connectivity index (χ3n) is 3.11. The van der Waals surface area contributed by atoms with Crippen molar-refractivity contribution in [2.45, 2.75) is 19.9 Å². The summed E-state index contributed by atoms with van der Waals surface area (Å²) in [7, 11) is 0. The van der Waals surface area contributed by atoms with Gasteiger partial charge >= 0.3 is 0 Å². The summed E-state index contributed by atoms with van der Waals surface area (Å²) in [6.45, 7) is 7.88. The van der Waals surface area contributed by atoms with Gasteiger partial charge in [0.15, 0.2) is 0 Å². The average Bonchev–Trinajstić information content (AvgIpc) is 2.82. The Morgan fingerprint density at radius 2 is 2.47 bits per heavy atom. The lowest BCUT2D eigenvalue weighted by molar-refractivity contribution is 0.141. The molecule has 0 radical (unpaired) electrons. The first-order chi connectivity index (χ1) is 8.20. The van der Waals surface area contributed by atoms with Crippen molar-refractivity contribution in [3.05, 3.63) is 34.6 Å². The van der Waals surface area contributed by atoms with Crippen LogP contribution in [0.4, 0.5) is 0 Å². The van der Waals surface area contributed by atoms with Crippen molar-refractivity contribution in [1.29, 1.82) is 0 Å². The molecule has 1 atom stereocenters. The van der Waals surface area contributed by atoms with Crippen LogP contribution in [0.3, 0.4) is 0 Å². The molecular formula is C13H19BrN2O. The molecule has 2 rings (SSSR count). The molecule has 2 aliphatic heterocycles. The number of rotatable bonds is 3. The smallest absolute Gasteiger partial charge is 0.0995 e. The van der Waals surface area contributed by atoms with Gasteiger partial charge in [0.05, 0.1) is 13.3 Å². The van der Waals surface area contributed by atoms with Crippen molar-refractivity contribution in [1.82, 2.24) is 9.80 Å². The predicted octanol–water partition coefficient (Wildman–Crippen LogP) is 2.68. The minimum Gasteiger partial charge on any atom is -0.365 e. The minimum atomic E-state index is 0.408. The van der Waals surface area contributed by atoms with Crippen molar-refractivity contribution in [3.8, 4) is 0 Å². The van der Waals surface area contributed by atoms with E-state index in [1.807, 2.05) is 0 Å². The molecule has 2 heterocycles. The second-order valence-corrected chi connectivity index (χ2v) is 5.31. The van der Waals surface area contributed by atoms with Gasteiger partial charge in [-0.15, -0.1) is 0 Å². The predicted molar refractivity (Wildman–Crippen MR) is 73.6 cm³/mol. The molecule has 0 aromatic carbocycles. The summed E-state index contributed by atoms with van der Waals surface area (Å²) in [5.74, 6) is 0. The first-order valence-electron chi connectivity index (χ1n) is 6.00. The fourth-order valence-corrected chi connectivity index (χ4v) is 2.46. The van der Waals surface area contributed by atoms with Gasteiger partial charge in [-0.3, -0.25) is 4.90 Å². The summed E-state index contributed by atoms with van der Waals surface area (Å²) in [6.07, 6.45) is 8.64. The quantitative estimate of drug-likeness (QED) is 0.797. The minimum absolute atomic E-state index is 0.408. The van der Waals surface area contributed by atoms with E-state index in [1.54, 1.807) is 0 Å². The van der Waals surface area contributed by atoms with Gasteiger partial charge in [0.2, 0.25) is 0 Å². The van der Waals surface area contributed by atoms with E-state index in [2.05, 4.69) is 64.0 Å². The maximum Gasteiger partial charge on any atom is 0.0995 e. The van der Waals surface area contributed by atoms with Crippen molar-refractivity contribution >= 4 is 15.9 Å². The van der Waals surface area contributed by atoms with Crippen LogP contribution >= 0.6 is 15.9 Å². The molecule has 1 fully saturated rings. The zero-order valence-electron chi connectivity index (χ0n) is 10.4. The van der Waals surface area contributed by atoms with Crippen LogP contribution in [0.5, 0.6) is 0 Å². The molecule has 0 N–H and O–H groups in total. The van der Waals surface area contributed by atoms with Crippen LogP contribution in [0.25, 0.3) is 0 Å². The van der Waals surface area contributed by atoms with Crippen molar-refractivity contribution < 1.29 is 4.74 Å². The van der Waals surface area contributed by atoms with Gasteiger partial charge in [0.25, 0.3) is 0 Å². The summed E-state index contributed by atoms with van der Waals surface area (Å²) in [6, 6.07) is 0.408. The summed E-state index contributed by atoms with van der Waals surface area (Å²) < 4.78 is 6.50. The molecule has 2 aliphatic rings. The molecule has 0 bridgehead atoms. The number of hydrogen-bond acceptors (Lipinski definition) is 3. The van der Waals surface area contributed by atoms with Crippen molar-refractivity contribution in [2.24, 2.45) is 0 Å². The number of allylic oxidation sites excluding steroid dienone is 3. The first-order valence-corrected chi connectivity index (χ1v) is 6.79. The van der Waals surface area contributed by atoms with Crippen LogP contribution in [-0.2, 0) is 4.74 Å². The van der Waals surface area contributed by atoms with Crippen LogP contribution in [-0.4, -0.2) is 42.3 Å². The van der Waals surface area contributed by atoms with E-state index in [0.717, 1.165) is 30.9 Å². The zero-order chi connectivity index (χ0) is 12.3. The molecule has 0 saturated carbocycles. The Morgan fingerprint density at radius 1 is 1.65 bits per heavy atom. The maximum absolute atomic E-state index is 5.38. The Kier molecular flexibility index (Phi) is 4.42. The highest BCUT2D eigenvalue weighted by Crippen LogP contribution is 2.22. The van der Waals surface area contributed by atoms with Crippen LogP contribution in [0.2, 0.25) is 0 Å². The van der Waals surface area contributed by atoms with Crippen LogP contribution in [0, 0.1) is 0 Å². The Labute approximate surface area is 112 Å². The fraction of sp³-hybridized carbons (Fsp3) is 0.538. The third-order valence-corrected chi connectivity index (χ3v) is 3.58. The molecular weight excluding hydrogens is 280 g/mol. The fourth-order valence-electron chi connectivity index (χ4n) is 2.09. The SMILES string of the molecule is C/C=C(/CN1CCOC1)N1C=C(Br)C=CC1C. The van der Waals surface area contributed by atoms with E-state index in [-0.39, 0.29) is 0 Å². The van der Waals surface area contributed by atoms with Crippen molar-refractivity contribution in [3.63, 3.8) is 0 Å². The maximum atomic E-state index is 5.38. The van der Waals surface area contributed by atoms with E-state index >= 15 is 0 Å². The Bertz CT molecular complexity index is 356. The van der Waals surface area contributed by atoms with Gasteiger partial charge < -0.3 is 9.64 Å². The second kappa shape index (κ2) is 5.85. The van der Waals surface area contributed by atoms with E-state index in [9.17, 15) is 0 Å². The number of ether oxygens (including phenoxy) is 1. The summed E-state index contributed by atoms with van der Waals surface area (Å²) in [5, 5.41) is 0.